The number of H-pyrrole nitrogens is 1. The lowest BCUT2D eigenvalue weighted by atomic mass is 10.2. The zero-order valence-corrected chi connectivity index (χ0v) is 9.19. The van der Waals surface area contributed by atoms with Gasteiger partial charge in [-0.25, -0.2) is 0 Å². The van der Waals surface area contributed by atoms with Gasteiger partial charge in [0.2, 0.25) is 0 Å². The first kappa shape index (κ1) is 8.82. The maximum absolute atomic E-state index is 10.8. The Hall–Kier alpha value is -1.46. The molecule has 0 aliphatic heterocycles. The molecule has 3 nitrogen and oxygen atoms in total. The van der Waals surface area contributed by atoms with E-state index in [0.29, 0.717) is 5.56 Å². The van der Waals surface area contributed by atoms with E-state index in [9.17, 15) is 4.79 Å². The molecule has 0 radical (unpaired) electrons. The van der Waals surface area contributed by atoms with Crippen LogP contribution in [0.25, 0.3) is 20.0 Å². The fourth-order valence-electron chi connectivity index (χ4n) is 1.47. The maximum atomic E-state index is 10.8. The monoisotopic (exact) mass is 234 g/mol. The quantitative estimate of drug-likeness (QED) is 0.692. The Labute approximate surface area is 93.4 Å². The number of carbonyl (C=O) groups excluding carboxylic acids is 1. The van der Waals surface area contributed by atoms with Gasteiger partial charge in [-0.2, -0.15) is 5.10 Å². The van der Waals surface area contributed by atoms with Crippen LogP contribution in [0.3, 0.4) is 0 Å². The highest BCUT2D eigenvalue weighted by Crippen LogP contribution is 2.36. The summed E-state index contributed by atoms with van der Waals surface area (Å²) in [5.41, 5.74) is 1.43. The topological polar surface area (TPSA) is 45.8 Å². The Balaban J connectivity index is 2.21. The summed E-state index contributed by atoms with van der Waals surface area (Å²) in [4.78, 5) is 11.8. The lowest BCUT2D eigenvalue weighted by molar-refractivity contribution is 0.112. The van der Waals surface area contributed by atoms with Crippen molar-refractivity contribution in [2.75, 3.05) is 0 Å². The lowest BCUT2D eigenvalue weighted by Crippen LogP contribution is -1.79. The summed E-state index contributed by atoms with van der Waals surface area (Å²) in [6.45, 7) is 0. The Kier molecular flexibility index (Phi) is 1.93. The fraction of sp³-hybridized carbons (Fsp3) is 0. The van der Waals surface area contributed by atoms with Crippen molar-refractivity contribution in [3.05, 3.63) is 29.3 Å². The summed E-state index contributed by atoms with van der Waals surface area (Å²) < 4.78 is 2.50. The molecule has 0 fully saturated rings. The van der Waals surface area contributed by atoms with Gasteiger partial charge in [0.25, 0.3) is 0 Å². The number of hydrogen-bond donors (Lipinski definition) is 1. The number of aldehydes is 1. The number of aromatic amines is 1. The van der Waals surface area contributed by atoms with Crippen molar-refractivity contribution < 1.29 is 4.79 Å². The van der Waals surface area contributed by atoms with Gasteiger partial charge in [0.15, 0.2) is 6.29 Å². The lowest BCUT2D eigenvalue weighted by Gasteiger charge is -1.90. The molecule has 0 amide bonds. The Morgan fingerprint density at radius 2 is 2.33 bits per heavy atom. The molecule has 0 aliphatic rings. The van der Waals surface area contributed by atoms with E-state index in [1.165, 1.54) is 9.40 Å². The zero-order valence-electron chi connectivity index (χ0n) is 7.56. The molecule has 0 bridgehead atoms. The van der Waals surface area contributed by atoms with Crippen molar-refractivity contribution in [1.82, 2.24) is 10.2 Å². The number of thiophene rings is 2. The van der Waals surface area contributed by atoms with E-state index in [-0.39, 0.29) is 0 Å². The number of nitrogens with one attached hydrogen (secondary N) is 1. The van der Waals surface area contributed by atoms with Crippen LogP contribution in [0.15, 0.2) is 23.7 Å². The second kappa shape index (κ2) is 3.29. The second-order valence-electron chi connectivity index (χ2n) is 3.08. The highest BCUT2D eigenvalue weighted by Gasteiger charge is 2.10. The molecule has 3 heterocycles. The summed E-state index contributed by atoms with van der Waals surface area (Å²) in [7, 11) is 0. The summed E-state index contributed by atoms with van der Waals surface area (Å²) in [6.07, 6.45) is 2.38. The molecule has 0 saturated heterocycles. The van der Waals surface area contributed by atoms with Gasteiger partial charge in [0.1, 0.15) is 0 Å². The molecule has 74 valence electrons. The average molecular weight is 234 g/mol. The summed E-state index contributed by atoms with van der Waals surface area (Å²) in [5.74, 6) is 0. The highest BCUT2D eigenvalue weighted by atomic mass is 32.1. The number of rotatable bonds is 2. The molecular formula is C10H6N2OS2. The third kappa shape index (κ3) is 1.32. The third-order valence-corrected chi connectivity index (χ3v) is 4.29. The molecule has 3 aromatic heterocycles. The maximum Gasteiger partial charge on any atom is 0.153 e. The smallest absolute Gasteiger partial charge is 0.153 e. The van der Waals surface area contributed by atoms with Crippen LogP contribution in [0.2, 0.25) is 0 Å². The van der Waals surface area contributed by atoms with E-state index >= 15 is 0 Å². The van der Waals surface area contributed by atoms with Crippen molar-refractivity contribution in [2.45, 2.75) is 0 Å². The van der Waals surface area contributed by atoms with Crippen LogP contribution in [0.5, 0.6) is 0 Å². The zero-order chi connectivity index (χ0) is 10.3. The average Bonchev–Trinajstić information content (AvgIpc) is 2.91. The molecule has 0 saturated carbocycles. The Bertz CT molecular complexity index is 591. The van der Waals surface area contributed by atoms with E-state index in [1.807, 2.05) is 0 Å². The molecule has 3 aromatic rings. The fourth-order valence-corrected chi connectivity index (χ4v) is 3.60. The van der Waals surface area contributed by atoms with Crippen LogP contribution in [0.4, 0.5) is 0 Å². The van der Waals surface area contributed by atoms with Crippen LogP contribution in [0, 0.1) is 0 Å². The number of nitrogens with zero attached hydrogens (tertiary/aromatic N) is 1. The van der Waals surface area contributed by atoms with Gasteiger partial charge in [-0.1, -0.05) is 0 Å². The number of aromatic nitrogens is 2. The van der Waals surface area contributed by atoms with Gasteiger partial charge in [0.05, 0.1) is 22.3 Å². The molecule has 0 aromatic carbocycles. The minimum Gasteiger partial charge on any atom is -0.298 e. The van der Waals surface area contributed by atoms with Crippen molar-refractivity contribution in [3.63, 3.8) is 0 Å². The molecule has 3 rings (SSSR count). The summed E-state index contributed by atoms with van der Waals surface area (Å²) >= 11 is 3.38. The Morgan fingerprint density at radius 3 is 3.13 bits per heavy atom. The highest BCUT2D eigenvalue weighted by molar-refractivity contribution is 7.28. The van der Waals surface area contributed by atoms with E-state index < -0.39 is 0 Å². The van der Waals surface area contributed by atoms with Gasteiger partial charge in [-0.05, 0) is 17.5 Å². The van der Waals surface area contributed by atoms with Crippen molar-refractivity contribution in [2.24, 2.45) is 0 Å². The standard InChI is InChI=1S/C10H6N2OS2/c13-5-6-4-11-12-10(6)9-3-8-7(15-9)1-2-14-8/h1-5H,(H,11,12). The molecular weight excluding hydrogens is 228 g/mol. The molecule has 0 atom stereocenters. The molecule has 1 N–H and O–H groups in total. The first-order valence-electron chi connectivity index (χ1n) is 4.34. The normalized spacial score (nSPS) is 10.9. The van der Waals surface area contributed by atoms with Gasteiger partial charge in [-0.3, -0.25) is 9.89 Å². The molecule has 5 heteroatoms. The molecule has 15 heavy (non-hydrogen) atoms. The predicted molar refractivity (Wildman–Crippen MR) is 62.7 cm³/mol. The summed E-state index contributed by atoms with van der Waals surface area (Å²) in [5, 5.41) is 8.80. The van der Waals surface area contributed by atoms with Gasteiger partial charge >= 0.3 is 0 Å². The van der Waals surface area contributed by atoms with E-state index in [0.717, 1.165) is 16.9 Å². The molecule has 0 spiro atoms. The summed E-state index contributed by atoms with van der Waals surface area (Å²) in [6, 6.07) is 4.18. The number of fused-ring (bicyclic) bond motifs is 1. The molecule has 0 unspecified atom stereocenters. The Morgan fingerprint density at radius 1 is 1.40 bits per heavy atom. The first-order chi connectivity index (χ1) is 7.38. The molecule has 0 aliphatic carbocycles. The van der Waals surface area contributed by atoms with E-state index in [4.69, 9.17) is 0 Å². The van der Waals surface area contributed by atoms with Gasteiger partial charge in [-0.15, -0.1) is 22.7 Å². The van der Waals surface area contributed by atoms with Crippen LogP contribution in [0.1, 0.15) is 10.4 Å². The third-order valence-electron chi connectivity index (χ3n) is 2.18. The second-order valence-corrected chi connectivity index (χ2v) is 5.11. The minimum absolute atomic E-state index is 0.615. The van der Waals surface area contributed by atoms with E-state index in [1.54, 1.807) is 28.9 Å². The van der Waals surface area contributed by atoms with Gasteiger partial charge < -0.3 is 0 Å². The van der Waals surface area contributed by atoms with Gasteiger partial charge in [0, 0.05) is 9.40 Å². The SMILES string of the molecule is O=Cc1cn[nH]c1-c1cc2sccc2s1. The van der Waals surface area contributed by atoms with Crippen molar-refractivity contribution >= 4 is 38.4 Å². The number of hydrogen-bond acceptors (Lipinski definition) is 4. The van der Waals surface area contributed by atoms with Crippen LogP contribution >= 0.6 is 22.7 Å². The van der Waals surface area contributed by atoms with Crippen LogP contribution in [-0.4, -0.2) is 16.5 Å². The van der Waals surface area contributed by atoms with E-state index in [2.05, 4.69) is 27.7 Å². The minimum atomic E-state index is 0.615. The first-order valence-corrected chi connectivity index (χ1v) is 6.04. The number of carbonyl (C=O) groups is 1. The predicted octanol–water partition coefficient (Wildman–Crippen LogP) is 3.17. The van der Waals surface area contributed by atoms with Crippen LogP contribution in [-0.2, 0) is 0 Å². The van der Waals surface area contributed by atoms with Crippen molar-refractivity contribution in [3.8, 4) is 10.6 Å². The van der Waals surface area contributed by atoms with Crippen LogP contribution < -0.4 is 0 Å². The van der Waals surface area contributed by atoms with Crippen molar-refractivity contribution in [1.29, 1.82) is 0 Å². The largest absolute Gasteiger partial charge is 0.298 e.